The van der Waals surface area contributed by atoms with Crippen LogP contribution in [0.5, 0.6) is 11.5 Å². The van der Waals surface area contributed by atoms with E-state index < -0.39 is 10.8 Å². The Labute approximate surface area is 183 Å². The predicted octanol–water partition coefficient (Wildman–Crippen LogP) is 4.63. The molecule has 160 valence electrons. The first-order valence-electron chi connectivity index (χ1n) is 9.52. The molecule has 2 aromatic rings. The van der Waals surface area contributed by atoms with E-state index in [1.165, 1.54) is 12.3 Å². The van der Waals surface area contributed by atoms with Gasteiger partial charge in [-0.3, -0.25) is 14.9 Å². The Bertz CT molecular complexity index is 933. The number of halogens is 1. The van der Waals surface area contributed by atoms with Crippen LogP contribution in [0.4, 0.5) is 5.69 Å². The number of nitrogens with zero attached hydrogens (tertiary/aromatic N) is 2. The Balaban J connectivity index is 2.10. The monoisotopic (exact) mass is 477 g/mol. The molecular formula is C21H24BrN3O5. The minimum absolute atomic E-state index is 0.0290. The van der Waals surface area contributed by atoms with Crippen molar-refractivity contribution in [3.8, 4) is 11.5 Å². The van der Waals surface area contributed by atoms with Crippen LogP contribution < -0.4 is 14.9 Å². The van der Waals surface area contributed by atoms with Gasteiger partial charge in [-0.1, -0.05) is 25.1 Å². The first-order chi connectivity index (χ1) is 14.3. The Morgan fingerprint density at radius 2 is 2.07 bits per heavy atom. The lowest BCUT2D eigenvalue weighted by atomic mass is 10.1. The largest absolute Gasteiger partial charge is 0.490 e. The van der Waals surface area contributed by atoms with E-state index in [0.29, 0.717) is 33.7 Å². The lowest BCUT2D eigenvalue weighted by Crippen LogP contribution is -2.20. The van der Waals surface area contributed by atoms with Crippen molar-refractivity contribution in [1.29, 1.82) is 0 Å². The summed E-state index contributed by atoms with van der Waals surface area (Å²) in [7, 11) is 0. The SMILES string of the molecule is CCOc1cc(/C=N/NC(=O)Cc2ccccc2[N+](=O)[O-])cc(Br)c1O[C@H](C)CC. The van der Waals surface area contributed by atoms with E-state index in [4.69, 9.17) is 9.47 Å². The van der Waals surface area contributed by atoms with Gasteiger partial charge in [-0.05, 0) is 53.9 Å². The number of nitro benzene ring substituents is 1. The molecular weight excluding hydrogens is 454 g/mol. The van der Waals surface area contributed by atoms with Crippen LogP contribution in [0.2, 0.25) is 0 Å². The second-order valence-electron chi connectivity index (χ2n) is 6.46. The van der Waals surface area contributed by atoms with Crippen LogP contribution in [0.3, 0.4) is 0 Å². The van der Waals surface area contributed by atoms with Crippen LogP contribution in [-0.4, -0.2) is 29.8 Å². The number of amides is 1. The van der Waals surface area contributed by atoms with Crippen LogP contribution in [0.15, 0.2) is 46.0 Å². The van der Waals surface area contributed by atoms with Gasteiger partial charge in [-0.25, -0.2) is 5.43 Å². The number of rotatable bonds is 10. The second-order valence-corrected chi connectivity index (χ2v) is 7.31. The number of nitro groups is 1. The van der Waals surface area contributed by atoms with E-state index in [2.05, 4.69) is 26.5 Å². The molecule has 1 N–H and O–H groups in total. The number of carbonyl (C=O) groups excluding carboxylic acids is 1. The number of hydrogen-bond donors (Lipinski definition) is 1. The molecule has 2 aromatic carbocycles. The minimum atomic E-state index is -0.512. The highest BCUT2D eigenvalue weighted by atomic mass is 79.9. The van der Waals surface area contributed by atoms with Gasteiger partial charge in [0.15, 0.2) is 11.5 Å². The third-order valence-corrected chi connectivity index (χ3v) is 4.76. The molecule has 1 atom stereocenters. The second kappa shape index (κ2) is 11.3. The molecule has 0 spiro atoms. The van der Waals surface area contributed by atoms with E-state index >= 15 is 0 Å². The van der Waals surface area contributed by atoms with Crippen molar-refractivity contribution in [2.45, 2.75) is 39.7 Å². The van der Waals surface area contributed by atoms with Gasteiger partial charge in [-0.2, -0.15) is 5.10 Å². The number of ether oxygens (including phenoxy) is 2. The predicted molar refractivity (Wildman–Crippen MR) is 118 cm³/mol. The Morgan fingerprint density at radius 3 is 2.73 bits per heavy atom. The van der Waals surface area contributed by atoms with Crippen molar-refractivity contribution in [2.24, 2.45) is 5.10 Å². The zero-order valence-corrected chi connectivity index (χ0v) is 18.6. The highest BCUT2D eigenvalue weighted by molar-refractivity contribution is 9.10. The molecule has 0 heterocycles. The van der Waals surface area contributed by atoms with E-state index in [0.717, 1.165) is 6.42 Å². The first-order valence-corrected chi connectivity index (χ1v) is 10.3. The van der Waals surface area contributed by atoms with Crippen molar-refractivity contribution in [2.75, 3.05) is 6.61 Å². The van der Waals surface area contributed by atoms with Crippen LogP contribution in [0.1, 0.15) is 38.3 Å². The molecule has 0 saturated heterocycles. The summed E-state index contributed by atoms with van der Waals surface area (Å²) in [5, 5.41) is 15.0. The summed E-state index contributed by atoms with van der Waals surface area (Å²) in [6, 6.07) is 9.68. The molecule has 0 aliphatic rings. The Hall–Kier alpha value is -2.94. The van der Waals surface area contributed by atoms with Crippen molar-refractivity contribution in [1.82, 2.24) is 5.43 Å². The highest BCUT2D eigenvalue weighted by Crippen LogP contribution is 2.37. The van der Waals surface area contributed by atoms with Gasteiger partial charge >= 0.3 is 0 Å². The number of para-hydroxylation sites is 1. The van der Waals surface area contributed by atoms with E-state index in [9.17, 15) is 14.9 Å². The number of hydrogen-bond acceptors (Lipinski definition) is 6. The summed E-state index contributed by atoms with van der Waals surface area (Å²) < 4.78 is 12.3. The molecule has 2 rings (SSSR count). The molecule has 8 nitrogen and oxygen atoms in total. The van der Waals surface area contributed by atoms with Gasteiger partial charge in [0.05, 0.1) is 34.7 Å². The minimum Gasteiger partial charge on any atom is -0.490 e. The topological polar surface area (TPSA) is 103 Å². The normalized spacial score (nSPS) is 11.9. The molecule has 0 bridgehead atoms. The maximum Gasteiger partial charge on any atom is 0.273 e. The fourth-order valence-electron chi connectivity index (χ4n) is 2.55. The fourth-order valence-corrected chi connectivity index (χ4v) is 3.11. The number of carbonyl (C=O) groups is 1. The molecule has 30 heavy (non-hydrogen) atoms. The summed E-state index contributed by atoms with van der Waals surface area (Å²) in [5.74, 6) is 0.727. The first kappa shape index (κ1) is 23.3. The average Bonchev–Trinajstić information content (AvgIpc) is 2.70. The summed E-state index contributed by atoms with van der Waals surface area (Å²) in [6.07, 6.45) is 2.20. The average molecular weight is 478 g/mol. The van der Waals surface area contributed by atoms with Crippen LogP contribution >= 0.6 is 15.9 Å². The lowest BCUT2D eigenvalue weighted by molar-refractivity contribution is -0.385. The van der Waals surface area contributed by atoms with Crippen LogP contribution in [0.25, 0.3) is 0 Å². The van der Waals surface area contributed by atoms with E-state index in [1.54, 1.807) is 30.3 Å². The zero-order valence-electron chi connectivity index (χ0n) is 17.1. The molecule has 0 saturated carbocycles. The van der Waals surface area contributed by atoms with Gasteiger partial charge in [0, 0.05) is 11.6 Å². The quantitative estimate of drug-likeness (QED) is 0.305. The third kappa shape index (κ3) is 6.55. The van der Waals surface area contributed by atoms with Crippen molar-refractivity contribution < 1.29 is 19.2 Å². The summed E-state index contributed by atoms with van der Waals surface area (Å²) >= 11 is 3.49. The molecule has 0 aliphatic heterocycles. The van der Waals surface area contributed by atoms with Crippen molar-refractivity contribution >= 4 is 33.7 Å². The standard InChI is InChI=1S/C21H24BrN3O5/c1-4-14(3)30-21-17(22)10-15(11-19(21)29-5-2)13-23-24-20(26)12-16-8-6-7-9-18(16)25(27)28/h6-11,13-14H,4-5,12H2,1-3H3,(H,24,26)/b23-13+/t14-/m1/s1. The van der Waals surface area contributed by atoms with E-state index in [-0.39, 0.29) is 18.2 Å². The Kier molecular flexibility index (Phi) is 8.79. The van der Waals surface area contributed by atoms with Crippen molar-refractivity contribution in [3.63, 3.8) is 0 Å². The molecule has 0 radical (unpaired) electrons. The smallest absolute Gasteiger partial charge is 0.273 e. The molecule has 9 heteroatoms. The molecule has 0 aliphatic carbocycles. The number of benzene rings is 2. The number of nitrogens with one attached hydrogen (secondary N) is 1. The maximum absolute atomic E-state index is 12.1. The lowest BCUT2D eigenvalue weighted by Gasteiger charge is -2.18. The fraction of sp³-hybridized carbons (Fsp3) is 0.333. The van der Waals surface area contributed by atoms with E-state index in [1.807, 2.05) is 20.8 Å². The highest BCUT2D eigenvalue weighted by Gasteiger charge is 2.16. The maximum atomic E-state index is 12.1. The van der Waals surface area contributed by atoms with Gasteiger partial charge in [-0.15, -0.1) is 0 Å². The van der Waals surface area contributed by atoms with Crippen molar-refractivity contribution in [3.05, 3.63) is 62.1 Å². The molecule has 1 amide bonds. The van der Waals surface area contributed by atoms with Gasteiger partial charge in [0.25, 0.3) is 5.69 Å². The summed E-state index contributed by atoms with van der Waals surface area (Å²) in [5.41, 5.74) is 3.31. The zero-order chi connectivity index (χ0) is 22.1. The van der Waals surface area contributed by atoms with Crippen LogP contribution in [-0.2, 0) is 11.2 Å². The third-order valence-electron chi connectivity index (χ3n) is 4.17. The van der Waals surface area contributed by atoms with Gasteiger partial charge in [0.1, 0.15) is 0 Å². The molecule has 0 aromatic heterocycles. The number of hydrazone groups is 1. The summed E-state index contributed by atoms with van der Waals surface area (Å²) in [4.78, 5) is 22.7. The van der Waals surface area contributed by atoms with Gasteiger partial charge < -0.3 is 9.47 Å². The summed E-state index contributed by atoms with van der Waals surface area (Å²) in [6.45, 7) is 6.36. The molecule has 0 unspecified atom stereocenters. The Morgan fingerprint density at radius 1 is 1.33 bits per heavy atom. The van der Waals surface area contributed by atoms with Crippen LogP contribution in [0, 0.1) is 10.1 Å². The van der Waals surface area contributed by atoms with Gasteiger partial charge in [0.2, 0.25) is 5.91 Å². The molecule has 0 fully saturated rings.